The van der Waals surface area contributed by atoms with E-state index in [-0.39, 0.29) is 86.4 Å². The van der Waals surface area contributed by atoms with Crippen LogP contribution in [0.5, 0.6) is 5.75 Å². The lowest BCUT2D eigenvalue weighted by Crippen LogP contribution is -2.49. The number of amides is 5. The fourth-order valence-electron chi connectivity index (χ4n) is 6.52. The molecule has 0 unspecified atom stereocenters. The summed E-state index contributed by atoms with van der Waals surface area (Å²) in [7, 11) is 3.10. The van der Waals surface area contributed by atoms with Crippen molar-refractivity contribution in [3.05, 3.63) is 59.7 Å². The van der Waals surface area contributed by atoms with Crippen molar-refractivity contribution in [2.24, 2.45) is 0 Å². The zero-order valence-electron chi connectivity index (χ0n) is 27.0. The molecule has 5 rings (SSSR count). The number of carbonyl (C=O) groups is 5. The third kappa shape index (κ3) is 8.44. The molecule has 5 amide bonds. The van der Waals surface area contributed by atoms with E-state index in [2.05, 4.69) is 10.3 Å². The van der Waals surface area contributed by atoms with Gasteiger partial charge in [0.15, 0.2) is 0 Å². The molecule has 1 aromatic heterocycles. The number of aryl methyl sites for hydroxylation is 1. The van der Waals surface area contributed by atoms with Crippen molar-refractivity contribution in [1.82, 2.24) is 29.9 Å². The molecular weight excluding hydrogens is 607 g/mol. The van der Waals surface area contributed by atoms with Crippen LogP contribution in [0.15, 0.2) is 42.7 Å². The van der Waals surface area contributed by atoms with Gasteiger partial charge in [-0.15, -0.1) is 0 Å². The first-order valence-corrected chi connectivity index (χ1v) is 16.3. The van der Waals surface area contributed by atoms with Gasteiger partial charge in [0.2, 0.25) is 23.6 Å². The molecule has 3 atom stereocenters. The lowest BCUT2D eigenvalue weighted by Gasteiger charge is -2.32. The molecule has 3 aliphatic heterocycles. The standard InChI is InChI=1S/C34H43FN6O6/c1-38-18-13-32(44)41-21-25(37-30(42)9-5-23-11-14-36-15-12-23)20-26(41)22-47-29-8-6-24(35)19-27(29)33(45)39(2)28(7-10-31(38)43)34(46)40-16-3-4-17-40/h6,8,11-12,14-15,19,25-26,28H,3-5,7,9-10,13,16-18,20-22H2,1-2H3,(H,37,42)/t25-,26+,28+/m1/s1. The highest BCUT2D eigenvalue weighted by Crippen LogP contribution is 2.27. The van der Waals surface area contributed by atoms with Crippen LogP contribution in [0.1, 0.15) is 60.9 Å². The number of nitrogens with zero attached hydrogens (tertiary/aromatic N) is 5. The molecule has 47 heavy (non-hydrogen) atoms. The molecule has 0 aliphatic carbocycles. The van der Waals surface area contributed by atoms with Gasteiger partial charge >= 0.3 is 0 Å². The first-order valence-electron chi connectivity index (χ1n) is 16.3. The Bertz CT molecular complexity index is 1470. The maximum absolute atomic E-state index is 14.5. The van der Waals surface area contributed by atoms with E-state index >= 15 is 0 Å². The summed E-state index contributed by atoms with van der Waals surface area (Å²) in [5.41, 5.74) is 0.938. The van der Waals surface area contributed by atoms with E-state index < -0.39 is 23.8 Å². The molecule has 3 aliphatic rings. The number of likely N-dealkylation sites (tertiary alicyclic amines) is 1. The van der Waals surface area contributed by atoms with Crippen LogP contribution in [0.2, 0.25) is 0 Å². The van der Waals surface area contributed by atoms with Gasteiger partial charge in [-0.3, -0.25) is 29.0 Å². The number of hydrogen-bond acceptors (Lipinski definition) is 7. The molecule has 4 heterocycles. The fourth-order valence-corrected chi connectivity index (χ4v) is 6.52. The monoisotopic (exact) mass is 650 g/mol. The highest BCUT2D eigenvalue weighted by molar-refractivity contribution is 5.99. The summed E-state index contributed by atoms with van der Waals surface area (Å²) in [6.07, 6.45) is 6.46. The summed E-state index contributed by atoms with van der Waals surface area (Å²) in [6, 6.07) is 5.65. The molecule has 0 radical (unpaired) electrons. The quantitative estimate of drug-likeness (QED) is 0.524. The Hall–Kier alpha value is -4.55. The highest BCUT2D eigenvalue weighted by atomic mass is 19.1. The van der Waals surface area contributed by atoms with E-state index in [1.54, 1.807) is 29.2 Å². The fraction of sp³-hybridized carbons (Fsp3) is 0.529. The van der Waals surface area contributed by atoms with Crippen LogP contribution in [0.25, 0.3) is 0 Å². The summed E-state index contributed by atoms with van der Waals surface area (Å²) in [6.45, 7) is 1.59. The number of pyridine rings is 1. The summed E-state index contributed by atoms with van der Waals surface area (Å²) >= 11 is 0. The first kappa shape index (κ1) is 33.8. The number of aromatic nitrogens is 1. The highest BCUT2D eigenvalue weighted by Gasteiger charge is 2.38. The number of nitrogens with one attached hydrogen (secondary N) is 1. The van der Waals surface area contributed by atoms with Crippen LogP contribution in [-0.2, 0) is 25.6 Å². The van der Waals surface area contributed by atoms with Gasteiger partial charge in [0, 0.05) is 78.0 Å². The average Bonchev–Trinajstić information content (AvgIpc) is 3.76. The van der Waals surface area contributed by atoms with Crippen molar-refractivity contribution in [2.75, 3.05) is 46.9 Å². The molecule has 1 aromatic carbocycles. The molecular formula is C34H43FN6O6. The maximum atomic E-state index is 14.5. The largest absolute Gasteiger partial charge is 0.491 e. The molecule has 0 spiro atoms. The minimum Gasteiger partial charge on any atom is -0.491 e. The van der Waals surface area contributed by atoms with Crippen LogP contribution < -0.4 is 10.1 Å². The van der Waals surface area contributed by atoms with E-state index in [4.69, 9.17) is 4.74 Å². The third-order valence-electron chi connectivity index (χ3n) is 9.30. The van der Waals surface area contributed by atoms with Crippen LogP contribution in [-0.4, -0.2) is 119 Å². The average molecular weight is 651 g/mol. The van der Waals surface area contributed by atoms with Crippen molar-refractivity contribution >= 4 is 29.5 Å². The number of likely N-dealkylation sites (N-methyl/N-ethyl adjacent to an activating group) is 1. The second-order valence-corrected chi connectivity index (χ2v) is 12.6. The lowest BCUT2D eigenvalue weighted by molar-refractivity contribution is -0.136. The summed E-state index contributed by atoms with van der Waals surface area (Å²) < 4.78 is 20.7. The van der Waals surface area contributed by atoms with Gasteiger partial charge in [-0.2, -0.15) is 0 Å². The zero-order chi connectivity index (χ0) is 33.5. The summed E-state index contributed by atoms with van der Waals surface area (Å²) in [4.78, 5) is 77.0. The SMILES string of the molecule is CN1CCC(=O)N2C[C@H](NC(=O)CCc3ccncc3)C[C@H]2COc2ccc(F)cc2C(=O)N(C)[C@H](C(=O)N2CCCC2)CCC1=O. The second-order valence-electron chi connectivity index (χ2n) is 12.6. The van der Waals surface area contributed by atoms with E-state index in [9.17, 15) is 28.4 Å². The van der Waals surface area contributed by atoms with Crippen LogP contribution in [0.4, 0.5) is 4.39 Å². The van der Waals surface area contributed by atoms with Crippen molar-refractivity contribution in [2.45, 2.75) is 69.5 Å². The van der Waals surface area contributed by atoms with Gasteiger partial charge in [-0.1, -0.05) is 0 Å². The molecule has 0 bridgehead atoms. The predicted octanol–water partition coefficient (Wildman–Crippen LogP) is 2.02. The van der Waals surface area contributed by atoms with Gasteiger partial charge in [0.25, 0.3) is 5.91 Å². The number of benzene rings is 1. The van der Waals surface area contributed by atoms with Gasteiger partial charge in [0.05, 0.1) is 11.6 Å². The van der Waals surface area contributed by atoms with Gasteiger partial charge in [0.1, 0.15) is 24.2 Å². The molecule has 252 valence electrons. The number of carbonyl (C=O) groups excluding carboxylic acids is 5. The van der Waals surface area contributed by atoms with E-state index in [1.165, 1.54) is 29.0 Å². The number of ether oxygens (including phenoxy) is 1. The van der Waals surface area contributed by atoms with Crippen LogP contribution >= 0.6 is 0 Å². The van der Waals surface area contributed by atoms with E-state index in [0.29, 0.717) is 25.9 Å². The molecule has 2 fully saturated rings. The molecule has 0 saturated carbocycles. The topological polar surface area (TPSA) is 132 Å². The molecule has 2 saturated heterocycles. The normalized spacial score (nSPS) is 23.0. The van der Waals surface area contributed by atoms with Crippen molar-refractivity contribution < 1.29 is 33.1 Å². The smallest absolute Gasteiger partial charge is 0.258 e. The Kier molecular flexibility index (Phi) is 11.0. The first-order chi connectivity index (χ1) is 22.6. The number of hydrogen-bond donors (Lipinski definition) is 1. The molecule has 2 aromatic rings. The summed E-state index contributed by atoms with van der Waals surface area (Å²) in [5, 5.41) is 3.04. The Morgan fingerprint density at radius 2 is 1.74 bits per heavy atom. The number of fused-ring (bicyclic) bond motifs is 2. The Morgan fingerprint density at radius 3 is 2.49 bits per heavy atom. The van der Waals surface area contributed by atoms with Crippen molar-refractivity contribution in [3.8, 4) is 5.75 Å². The molecule has 13 heteroatoms. The third-order valence-corrected chi connectivity index (χ3v) is 9.30. The number of rotatable bonds is 5. The van der Waals surface area contributed by atoms with E-state index in [0.717, 1.165) is 24.5 Å². The van der Waals surface area contributed by atoms with Crippen LogP contribution in [0, 0.1) is 5.82 Å². The lowest BCUT2D eigenvalue weighted by atomic mass is 10.1. The number of halogens is 1. The van der Waals surface area contributed by atoms with Crippen molar-refractivity contribution in [1.29, 1.82) is 0 Å². The molecule has 12 nitrogen and oxygen atoms in total. The van der Waals surface area contributed by atoms with Gasteiger partial charge in [-0.05, 0) is 68.0 Å². The van der Waals surface area contributed by atoms with Gasteiger partial charge < -0.3 is 29.7 Å². The Balaban J connectivity index is 1.36. The minimum atomic E-state index is -0.933. The van der Waals surface area contributed by atoms with Crippen molar-refractivity contribution in [3.63, 3.8) is 0 Å². The summed E-state index contributed by atoms with van der Waals surface area (Å²) in [5.74, 6) is -1.97. The van der Waals surface area contributed by atoms with Gasteiger partial charge in [-0.25, -0.2) is 4.39 Å². The van der Waals surface area contributed by atoms with Crippen LogP contribution in [0.3, 0.4) is 0 Å². The second kappa shape index (κ2) is 15.4. The van der Waals surface area contributed by atoms with E-state index in [1.807, 2.05) is 12.1 Å². The Morgan fingerprint density at radius 1 is 1.00 bits per heavy atom. The minimum absolute atomic E-state index is 0.00431. The molecule has 1 N–H and O–H groups in total. The zero-order valence-corrected chi connectivity index (χ0v) is 27.0. The predicted molar refractivity (Wildman–Crippen MR) is 170 cm³/mol. The Labute approximate surface area is 274 Å². The maximum Gasteiger partial charge on any atom is 0.258 e.